The molecule has 0 unspecified atom stereocenters. The van der Waals surface area contributed by atoms with E-state index in [1.165, 1.54) is 25.7 Å². The van der Waals surface area contributed by atoms with Gasteiger partial charge in [0.05, 0.1) is 0 Å². The molecule has 3 nitrogen and oxygen atoms in total. The molecule has 0 aliphatic carbocycles. The maximum Gasteiger partial charge on any atom is 0.150 e. The number of aromatic nitrogens is 3. The van der Waals surface area contributed by atoms with Crippen molar-refractivity contribution in [3.63, 3.8) is 0 Å². The molecule has 0 radical (unpaired) electrons. The molecule has 0 saturated carbocycles. The number of hydrogen-bond donors (Lipinski definition) is 1. The Morgan fingerprint density at radius 2 is 1.81 bits per heavy atom. The van der Waals surface area contributed by atoms with Gasteiger partial charge in [0.25, 0.3) is 0 Å². The summed E-state index contributed by atoms with van der Waals surface area (Å²) in [6, 6.07) is 0. The molecule has 1 rings (SSSR count). The Bertz CT molecular complexity index is 296. The molecule has 1 heterocycles. The molecule has 16 heavy (non-hydrogen) atoms. The molecule has 0 bridgehead atoms. The summed E-state index contributed by atoms with van der Waals surface area (Å²) in [6.45, 7) is 5.26. The van der Waals surface area contributed by atoms with Gasteiger partial charge < -0.3 is 0 Å². The van der Waals surface area contributed by atoms with Crippen molar-refractivity contribution in [2.75, 3.05) is 5.75 Å². The van der Waals surface area contributed by atoms with E-state index in [0.29, 0.717) is 0 Å². The number of rotatable bonds is 8. The number of nitrogens with zero attached hydrogens (tertiary/aromatic N) is 3. The third kappa shape index (κ3) is 4.16. The van der Waals surface area contributed by atoms with Crippen LogP contribution in [0.25, 0.3) is 0 Å². The van der Waals surface area contributed by atoms with Gasteiger partial charge in [-0.25, -0.2) is 9.67 Å². The van der Waals surface area contributed by atoms with Gasteiger partial charge in [0, 0.05) is 19.4 Å². The van der Waals surface area contributed by atoms with Crippen LogP contribution < -0.4 is 0 Å². The summed E-state index contributed by atoms with van der Waals surface area (Å²) in [6.07, 6.45) is 6.88. The topological polar surface area (TPSA) is 30.7 Å². The van der Waals surface area contributed by atoms with Crippen LogP contribution in [0, 0.1) is 0 Å². The largest absolute Gasteiger partial charge is 0.250 e. The molecule has 0 aromatic carbocycles. The third-order valence-electron chi connectivity index (χ3n) is 2.70. The molecule has 1 aromatic heterocycles. The first-order valence-corrected chi connectivity index (χ1v) is 6.98. The molecule has 4 heteroatoms. The van der Waals surface area contributed by atoms with Crippen molar-refractivity contribution in [3.05, 3.63) is 11.6 Å². The predicted molar refractivity (Wildman–Crippen MR) is 71.1 cm³/mol. The van der Waals surface area contributed by atoms with Gasteiger partial charge in [0.2, 0.25) is 0 Å². The smallest absolute Gasteiger partial charge is 0.150 e. The molecule has 0 fully saturated rings. The van der Waals surface area contributed by atoms with Gasteiger partial charge in [-0.05, 0) is 18.6 Å². The van der Waals surface area contributed by atoms with Crippen LogP contribution in [-0.2, 0) is 19.4 Å². The first-order chi connectivity index (χ1) is 7.81. The molecular weight excluding hydrogens is 218 g/mol. The van der Waals surface area contributed by atoms with Crippen molar-refractivity contribution in [1.82, 2.24) is 14.8 Å². The Morgan fingerprint density at radius 3 is 2.44 bits per heavy atom. The molecule has 92 valence electrons. The maximum absolute atomic E-state index is 4.51. The minimum atomic E-state index is 0.930. The fraction of sp³-hybridized carbons (Fsp3) is 0.833. The van der Waals surface area contributed by atoms with E-state index in [-0.39, 0.29) is 0 Å². The summed E-state index contributed by atoms with van der Waals surface area (Å²) in [5.41, 5.74) is 0. The molecule has 1 aromatic rings. The molecule has 0 aliphatic heterocycles. The lowest BCUT2D eigenvalue weighted by Crippen LogP contribution is -2.05. The van der Waals surface area contributed by atoms with Crippen LogP contribution in [-0.4, -0.2) is 20.5 Å². The summed E-state index contributed by atoms with van der Waals surface area (Å²) < 4.78 is 2.08. The van der Waals surface area contributed by atoms with Crippen LogP contribution >= 0.6 is 12.6 Å². The van der Waals surface area contributed by atoms with Crippen molar-refractivity contribution < 1.29 is 0 Å². The Kier molecular flexibility index (Phi) is 6.53. The highest BCUT2D eigenvalue weighted by Crippen LogP contribution is 2.06. The summed E-state index contributed by atoms with van der Waals surface area (Å²) in [5.74, 6) is 3.11. The van der Waals surface area contributed by atoms with Gasteiger partial charge >= 0.3 is 0 Å². The molecule has 0 spiro atoms. The first-order valence-electron chi connectivity index (χ1n) is 6.35. The number of aryl methyl sites for hydroxylation is 3. The molecule has 0 N–H and O–H groups in total. The van der Waals surface area contributed by atoms with E-state index < -0.39 is 0 Å². The van der Waals surface area contributed by atoms with Crippen LogP contribution in [0.2, 0.25) is 0 Å². The lowest BCUT2D eigenvalue weighted by Gasteiger charge is -2.03. The van der Waals surface area contributed by atoms with Gasteiger partial charge in [-0.1, -0.05) is 26.7 Å². The second-order valence-electron chi connectivity index (χ2n) is 4.01. The van der Waals surface area contributed by atoms with Crippen molar-refractivity contribution >= 4 is 12.6 Å². The van der Waals surface area contributed by atoms with E-state index in [0.717, 1.165) is 36.8 Å². The third-order valence-corrected chi connectivity index (χ3v) is 3.02. The zero-order chi connectivity index (χ0) is 11.8. The van der Waals surface area contributed by atoms with E-state index in [1.54, 1.807) is 0 Å². The second kappa shape index (κ2) is 7.71. The van der Waals surface area contributed by atoms with E-state index in [2.05, 4.69) is 41.2 Å². The maximum atomic E-state index is 4.51. The van der Waals surface area contributed by atoms with Gasteiger partial charge in [-0.3, -0.25) is 0 Å². The van der Waals surface area contributed by atoms with E-state index >= 15 is 0 Å². The minimum absolute atomic E-state index is 0.930. The monoisotopic (exact) mass is 241 g/mol. The summed E-state index contributed by atoms with van der Waals surface area (Å²) in [7, 11) is 0. The van der Waals surface area contributed by atoms with E-state index in [4.69, 9.17) is 0 Å². The standard InChI is InChI=1S/C12H23N3S/c1-3-11-13-12(4-2)15(14-11)9-7-5-6-8-10-16/h16H,3-10H2,1-2H3. The quantitative estimate of drug-likeness (QED) is 0.560. The zero-order valence-corrected chi connectivity index (χ0v) is 11.3. The fourth-order valence-electron chi connectivity index (χ4n) is 1.74. The summed E-state index contributed by atoms with van der Waals surface area (Å²) in [5, 5.41) is 4.51. The van der Waals surface area contributed by atoms with Crippen LogP contribution in [0.3, 0.4) is 0 Å². The Labute approximate surface area is 104 Å². The summed E-state index contributed by atoms with van der Waals surface area (Å²) in [4.78, 5) is 4.50. The van der Waals surface area contributed by atoms with Gasteiger partial charge in [-0.2, -0.15) is 17.7 Å². The summed E-state index contributed by atoms with van der Waals surface area (Å²) >= 11 is 4.21. The van der Waals surface area contributed by atoms with Crippen LogP contribution in [0.1, 0.15) is 51.2 Å². The zero-order valence-electron chi connectivity index (χ0n) is 10.4. The van der Waals surface area contributed by atoms with E-state index in [9.17, 15) is 0 Å². The van der Waals surface area contributed by atoms with Crippen LogP contribution in [0.4, 0.5) is 0 Å². The second-order valence-corrected chi connectivity index (χ2v) is 4.46. The van der Waals surface area contributed by atoms with Gasteiger partial charge in [0.15, 0.2) is 5.82 Å². The first kappa shape index (κ1) is 13.6. The molecule has 0 atom stereocenters. The Balaban J connectivity index is 2.37. The Hall–Kier alpha value is -0.510. The van der Waals surface area contributed by atoms with Crippen molar-refractivity contribution in [3.8, 4) is 0 Å². The highest BCUT2D eigenvalue weighted by atomic mass is 32.1. The molecule has 0 aliphatic rings. The average Bonchev–Trinajstić information content (AvgIpc) is 2.71. The number of unbranched alkanes of at least 4 members (excludes halogenated alkanes) is 3. The van der Waals surface area contributed by atoms with E-state index in [1.807, 2.05) is 0 Å². The normalized spacial score (nSPS) is 10.9. The predicted octanol–water partition coefficient (Wildman–Crippen LogP) is 2.89. The molecule has 0 amide bonds. The number of thiol groups is 1. The van der Waals surface area contributed by atoms with Crippen molar-refractivity contribution in [2.45, 2.75) is 58.9 Å². The van der Waals surface area contributed by atoms with Crippen molar-refractivity contribution in [1.29, 1.82) is 0 Å². The average molecular weight is 241 g/mol. The fourth-order valence-corrected chi connectivity index (χ4v) is 1.97. The highest BCUT2D eigenvalue weighted by molar-refractivity contribution is 7.80. The molecule has 0 saturated heterocycles. The van der Waals surface area contributed by atoms with Crippen LogP contribution in [0.5, 0.6) is 0 Å². The van der Waals surface area contributed by atoms with Crippen LogP contribution in [0.15, 0.2) is 0 Å². The number of hydrogen-bond acceptors (Lipinski definition) is 3. The molecular formula is C12H23N3S. The Morgan fingerprint density at radius 1 is 1.06 bits per heavy atom. The minimum Gasteiger partial charge on any atom is -0.250 e. The van der Waals surface area contributed by atoms with Crippen molar-refractivity contribution in [2.24, 2.45) is 0 Å². The SMILES string of the molecule is CCc1nc(CC)n(CCCCCCS)n1. The lowest BCUT2D eigenvalue weighted by molar-refractivity contribution is 0.521. The van der Waals surface area contributed by atoms with Gasteiger partial charge in [0.1, 0.15) is 5.82 Å². The van der Waals surface area contributed by atoms with Gasteiger partial charge in [-0.15, -0.1) is 0 Å². The lowest BCUT2D eigenvalue weighted by atomic mass is 10.2. The highest BCUT2D eigenvalue weighted by Gasteiger charge is 2.05.